The molecular weight excluding hydrogens is 611 g/mol. The maximum Gasteiger partial charge on any atom is 0.227 e. The summed E-state index contributed by atoms with van der Waals surface area (Å²) in [6.45, 7) is 4.62. The van der Waals surface area contributed by atoms with Gasteiger partial charge in [0, 0.05) is 45.0 Å². The highest BCUT2D eigenvalue weighted by molar-refractivity contribution is 6.07. The normalized spacial score (nSPS) is 12.8. The molecule has 240 valence electrons. The standard InChI is InChI=1S/C46H35N3O/c1-46(2)39-29-16-15-28-38(39)42-40(46)31-41-43(47-45(50-41)32-18-7-3-8-19-32)44(42)49(35-24-13-6-14-25-35)37-27-17-26-36(30-37)48(33-20-9-4-10-21-33)34-22-11-5-12-23-34/h3-31H,1-2H3. The van der Waals surface area contributed by atoms with Gasteiger partial charge >= 0.3 is 0 Å². The monoisotopic (exact) mass is 645 g/mol. The highest BCUT2D eigenvalue weighted by atomic mass is 16.3. The molecule has 4 heteroatoms. The second-order valence-corrected chi connectivity index (χ2v) is 13.2. The van der Waals surface area contributed by atoms with Gasteiger partial charge in [-0.3, -0.25) is 0 Å². The average molecular weight is 646 g/mol. The second-order valence-electron chi connectivity index (χ2n) is 13.2. The zero-order chi connectivity index (χ0) is 33.7. The molecule has 4 nitrogen and oxygen atoms in total. The van der Waals surface area contributed by atoms with E-state index in [2.05, 4.69) is 181 Å². The van der Waals surface area contributed by atoms with Crippen LogP contribution in [0.25, 0.3) is 33.7 Å². The first-order valence-corrected chi connectivity index (χ1v) is 17.1. The van der Waals surface area contributed by atoms with Gasteiger partial charge in [-0.05, 0) is 89.5 Å². The molecule has 0 spiro atoms. The molecule has 1 aliphatic carbocycles. The quantitative estimate of drug-likeness (QED) is 0.173. The van der Waals surface area contributed by atoms with E-state index in [0.29, 0.717) is 5.89 Å². The molecule has 50 heavy (non-hydrogen) atoms. The fraction of sp³-hybridized carbons (Fsp3) is 0.0652. The minimum Gasteiger partial charge on any atom is -0.436 e. The van der Waals surface area contributed by atoms with Crippen molar-refractivity contribution in [1.29, 1.82) is 0 Å². The third-order valence-electron chi connectivity index (χ3n) is 9.84. The number of fused-ring (bicyclic) bond motifs is 4. The summed E-state index contributed by atoms with van der Waals surface area (Å²) in [6.07, 6.45) is 0. The molecule has 9 rings (SSSR count). The number of nitrogens with zero attached hydrogens (tertiary/aromatic N) is 3. The fourth-order valence-corrected chi connectivity index (χ4v) is 7.48. The van der Waals surface area contributed by atoms with Crippen molar-refractivity contribution in [3.8, 4) is 22.6 Å². The van der Waals surface area contributed by atoms with E-state index in [0.717, 1.165) is 50.8 Å². The SMILES string of the molecule is CC1(C)c2ccccc2-c2c1cc1oc(-c3ccccc3)nc1c2N(c1ccccc1)c1cccc(N(c2ccccc2)c2ccccc2)c1. The highest BCUT2D eigenvalue weighted by Gasteiger charge is 2.40. The molecular formula is C46H35N3O. The van der Waals surface area contributed by atoms with Gasteiger partial charge in [0.15, 0.2) is 5.58 Å². The van der Waals surface area contributed by atoms with E-state index >= 15 is 0 Å². The first-order valence-electron chi connectivity index (χ1n) is 17.1. The van der Waals surface area contributed by atoms with Crippen molar-refractivity contribution in [2.45, 2.75) is 19.3 Å². The van der Waals surface area contributed by atoms with Crippen LogP contribution in [0.1, 0.15) is 25.0 Å². The van der Waals surface area contributed by atoms with Crippen molar-refractivity contribution in [2.24, 2.45) is 0 Å². The molecule has 1 heterocycles. The predicted octanol–water partition coefficient (Wildman–Crippen LogP) is 12.7. The number of aromatic nitrogens is 1. The Morgan fingerprint density at radius 1 is 0.480 bits per heavy atom. The summed E-state index contributed by atoms with van der Waals surface area (Å²) in [5.41, 5.74) is 13.5. The number of benzene rings is 7. The number of para-hydroxylation sites is 3. The third kappa shape index (κ3) is 4.88. The van der Waals surface area contributed by atoms with E-state index in [-0.39, 0.29) is 5.41 Å². The van der Waals surface area contributed by atoms with Gasteiger partial charge in [-0.2, -0.15) is 0 Å². The van der Waals surface area contributed by atoms with Gasteiger partial charge < -0.3 is 14.2 Å². The lowest BCUT2D eigenvalue weighted by Crippen LogP contribution is -2.16. The topological polar surface area (TPSA) is 32.5 Å². The summed E-state index contributed by atoms with van der Waals surface area (Å²) in [5.74, 6) is 0.609. The van der Waals surface area contributed by atoms with E-state index < -0.39 is 0 Å². The molecule has 0 radical (unpaired) electrons. The second kappa shape index (κ2) is 11.9. The third-order valence-corrected chi connectivity index (χ3v) is 9.84. The molecule has 8 aromatic rings. The summed E-state index contributed by atoms with van der Waals surface area (Å²) in [4.78, 5) is 9.96. The zero-order valence-corrected chi connectivity index (χ0v) is 28.0. The number of rotatable bonds is 7. The first kappa shape index (κ1) is 29.7. The Kier molecular flexibility index (Phi) is 7.10. The van der Waals surface area contributed by atoms with Gasteiger partial charge in [0.1, 0.15) is 5.52 Å². The number of anilines is 6. The van der Waals surface area contributed by atoms with Crippen LogP contribution in [0.5, 0.6) is 0 Å². The van der Waals surface area contributed by atoms with E-state index in [4.69, 9.17) is 9.40 Å². The molecule has 0 N–H and O–H groups in total. The van der Waals surface area contributed by atoms with Crippen LogP contribution in [0.3, 0.4) is 0 Å². The predicted molar refractivity (Wildman–Crippen MR) is 206 cm³/mol. The molecule has 7 aromatic carbocycles. The van der Waals surface area contributed by atoms with Crippen LogP contribution in [-0.2, 0) is 5.41 Å². The molecule has 0 unspecified atom stereocenters. The van der Waals surface area contributed by atoms with E-state index in [1.54, 1.807) is 0 Å². The van der Waals surface area contributed by atoms with Gasteiger partial charge in [-0.1, -0.05) is 117 Å². The molecule has 0 amide bonds. The van der Waals surface area contributed by atoms with Crippen LogP contribution in [0, 0.1) is 0 Å². The maximum absolute atomic E-state index is 6.67. The van der Waals surface area contributed by atoms with Gasteiger partial charge in [0.05, 0.1) is 5.69 Å². The van der Waals surface area contributed by atoms with Crippen molar-refractivity contribution >= 4 is 45.2 Å². The Hall–Kier alpha value is -6.39. The first-order chi connectivity index (χ1) is 24.6. The largest absolute Gasteiger partial charge is 0.436 e. The number of hydrogen-bond donors (Lipinski definition) is 0. The van der Waals surface area contributed by atoms with E-state index in [1.807, 2.05) is 18.2 Å². The summed E-state index contributed by atoms with van der Waals surface area (Å²) in [7, 11) is 0. The van der Waals surface area contributed by atoms with Crippen molar-refractivity contribution in [1.82, 2.24) is 4.98 Å². The van der Waals surface area contributed by atoms with Crippen LogP contribution in [-0.4, -0.2) is 4.98 Å². The summed E-state index contributed by atoms with van der Waals surface area (Å²) >= 11 is 0. The van der Waals surface area contributed by atoms with Crippen molar-refractivity contribution < 1.29 is 4.42 Å². The molecule has 0 saturated carbocycles. The molecule has 0 aliphatic heterocycles. The number of oxazole rings is 1. The average Bonchev–Trinajstić information content (AvgIpc) is 3.70. The Morgan fingerprint density at radius 3 is 1.60 bits per heavy atom. The molecule has 0 atom stereocenters. The van der Waals surface area contributed by atoms with Gasteiger partial charge in [-0.25, -0.2) is 4.98 Å². The molecule has 0 bridgehead atoms. The number of hydrogen-bond acceptors (Lipinski definition) is 4. The molecule has 0 saturated heterocycles. The Balaban J connectivity index is 1.34. The van der Waals surface area contributed by atoms with Crippen molar-refractivity contribution in [3.05, 3.63) is 187 Å². The lowest BCUT2D eigenvalue weighted by atomic mass is 9.82. The lowest BCUT2D eigenvalue weighted by Gasteiger charge is -2.31. The van der Waals surface area contributed by atoms with Crippen molar-refractivity contribution in [2.75, 3.05) is 9.80 Å². The molecule has 1 aromatic heterocycles. The van der Waals surface area contributed by atoms with Crippen LogP contribution in [0.15, 0.2) is 180 Å². The summed E-state index contributed by atoms with van der Waals surface area (Å²) in [5, 5.41) is 0. The molecule has 1 aliphatic rings. The van der Waals surface area contributed by atoms with Crippen LogP contribution >= 0.6 is 0 Å². The van der Waals surface area contributed by atoms with Crippen LogP contribution in [0.2, 0.25) is 0 Å². The smallest absolute Gasteiger partial charge is 0.227 e. The van der Waals surface area contributed by atoms with E-state index in [9.17, 15) is 0 Å². The molecule has 0 fully saturated rings. The maximum atomic E-state index is 6.67. The minimum atomic E-state index is -0.240. The van der Waals surface area contributed by atoms with Gasteiger partial charge in [0.25, 0.3) is 0 Å². The summed E-state index contributed by atoms with van der Waals surface area (Å²) in [6, 6.07) is 61.7. The van der Waals surface area contributed by atoms with Crippen LogP contribution in [0.4, 0.5) is 34.1 Å². The Morgan fingerprint density at radius 2 is 0.980 bits per heavy atom. The Labute approximate surface area is 292 Å². The van der Waals surface area contributed by atoms with Gasteiger partial charge in [-0.15, -0.1) is 0 Å². The van der Waals surface area contributed by atoms with Gasteiger partial charge in [0.2, 0.25) is 5.89 Å². The van der Waals surface area contributed by atoms with Crippen LogP contribution < -0.4 is 9.80 Å². The van der Waals surface area contributed by atoms with Crippen molar-refractivity contribution in [3.63, 3.8) is 0 Å². The zero-order valence-electron chi connectivity index (χ0n) is 28.0. The minimum absolute atomic E-state index is 0.240. The van der Waals surface area contributed by atoms with E-state index in [1.165, 1.54) is 22.3 Å². The lowest BCUT2D eigenvalue weighted by molar-refractivity contribution is 0.614. The fourth-order valence-electron chi connectivity index (χ4n) is 7.48. The Bertz CT molecular complexity index is 2410. The highest BCUT2D eigenvalue weighted by Crippen LogP contribution is 2.57. The summed E-state index contributed by atoms with van der Waals surface area (Å²) < 4.78 is 6.67.